The third kappa shape index (κ3) is 6.61. The van der Waals surface area contributed by atoms with Crippen LogP contribution in [0.15, 0.2) is 24.3 Å². The van der Waals surface area contributed by atoms with E-state index in [0.717, 1.165) is 19.3 Å². The Morgan fingerprint density at radius 2 is 1.68 bits per heavy atom. The molecule has 0 aliphatic heterocycles. The van der Waals surface area contributed by atoms with E-state index >= 15 is 0 Å². The number of benzene rings is 1. The van der Waals surface area contributed by atoms with E-state index in [4.69, 9.17) is 9.47 Å². The molecule has 1 rings (SSSR count). The number of ether oxygens (including phenoxy) is 3. The highest BCUT2D eigenvalue weighted by Crippen LogP contribution is 2.19. The van der Waals surface area contributed by atoms with E-state index < -0.39 is 12.1 Å². The molecule has 0 bridgehead atoms. The molecule has 0 saturated heterocycles. The SMILES string of the molecule is CCCCCCCCOC(=O)Oc1ccccc1C(=O)OC. The van der Waals surface area contributed by atoms with Crippen molar-refractivity contribution >= 4 is 12.1 Å². The summed E-state index contributed by atoms with van der Waals surface area (Å²) in [5, 5.41) is 0. The predicted molar refractivity (Wildman–Crippen MR) is 83.1 cm³/mol. The van der Waals surface area contributed by atoms with Crippen molar-refractivity contribution in [1.82, 2.24) is 0 Å². The second-order valence-electron chi connectivity index (χ2n) is 4.96. The molecule has 1 aromatic carbocycles. The van der Waals surface area contributed by atoms with Crippen LogP contribution in [0, 0.1) is 0 Å². The molecule has 0 aliphatic rings. The highest BCUT2D eigenvalue weighted by Gasteiger charge is 2.15. The van der Waals surface area contributed by atoms with E-state index in [-0.39, 0.29) is 11.3 Å². The van der Waals surface area contributed by atoms with Gasteiger partial charge in [-0.2, -0.15) is 0 Å². The smallest absolute Gasteiger partial charge is 0.465 e. The van der Waals surface area contributed by atoms with Gasteiger partial charge in [-0.3, -0.25) is 0 Å². The summed E-state index contributed by atoms with van der Waals surface area (Å²) in [5.74, 6) is -0.415. The van der Waals surface area contributed by atoms with Crippen molar-refractivity contribution in [2.75, 3.05) is 13.7 Å². The lowest BCUT2D eigenvalue weighted by Crippen LogP contribution is -2.14. The third-order valence-corrected chi connectivity index (χ3v) is 3.20. The number of hydrogen-bond acceptors (Lipinski definition) is 5. The molecule has 0 aliphatic carbocycles. The molecule has 0 aromatic heterocycles. The molecular weight excluding hydrogens is 284 g/mol. The van der Waals surface area contributed by atoms with Crippen LogP contribution in [0.4, 0.5) is 4.79 Å². The molecule has 0 saturated carbocycles. The van der Waals surface area contributed by atoms with Crippen molar-refractivity contribution in [3.05, 3.63) is 29.8 Å². The molecule has 0 heterocycles. The van der Waals surface area contributed by atoms with Gasteiger partial charge in [-0.1, -0.05) is 51.2 Å². The first kappa shape index (κ1) is 18.0. The zero-order valence-electron chi connectivity index (χ0n) is 13.3. The van der Waals surface area contributed by atoms with Gasteiger partial charge in [-0.05, 0) is 18.6 Å². The Hall–Kier alpha value is -2.04. The van der Waals surface area contributed by atoms with Crippen LogP contribution in [0.25, 0.3) is 0 Å². The average Bonchev–Trinajstić information content (AvgIpc) is 2.54. The van der Waals surface area contributed by atoms with Crippen LogP contribution in [0.3, 0.4) is 0 Å². The van der Waals surface area contributed by atoms with Crippen molar-refractivity contribution in [1.29, 1.82) is 0 Å². The Bertz CT molecular complexity index is 470. The van der Waals surface area contributed by atoms with Gasteiger partial charge < -0.3 is 14.2 Å². The van der Waals surface area contributed by atoms with E-state index in [1.54, 1.807) is 12.1 Å². The average molecular weight is 308 g/mol. The first-order valence-corrected chi connectivity index (χ1v) is 7.71. The number of carbonyl (C=O) groups is 2. The lowest BCUT2D eigenvalue weighted by Gasteiger charge is -2.09. The van der Waals surface area contributed by atoms with Gasteiger partial charge in [0, 0.05) is 0 Å². The molecule has 0 atom stereocenters. The highest BCUT2D eigenvalue weighted by molar-refractivity contribution is 5.93. The number of unbranched alkanes of at least 4 members (excludes halogenated alkanes) is 5. The van der Waals surface area contributed by atoms with Crippen molar-refractivity contribution in [2.45, 2.75) is 45.4 Å². The molecule has 0 spiro atoms. The molecule has 0 N–H and O–H groups in total. The second kappa shape index (κ2) is 10.7. The van der Waals surface area contributed by atoms with Gasteiger partial charge in [0.25, 0.3) is 0 Å². The van der Waals surface area contributed by atoms with Crippen molar-refractivity contribution < 1.29 is 23.8 Å². The molecule has 1 aromatic rings. The summed E-state index contributed by atoms with van der Waals surface area (Å²) >= 11 is 0. The minimum absolute atomic E-state index is 0.141. The topological polar surface area (TPSA) is 61.8 Å². The molecule has 0 radical (unpaired) electrons. The number of esters is 1. The van der Waals surface area contributed by atoms with Crippen LogP contribution >= 0.6 is 0 Å². The van der Waals surface area contributed by atoms with Gasteiger partial charge in [0.1, 0.15) is 11.3 Å². The Kier molecular flexibility index (Phi) is 8.72. The molecule has 0 amide bonds. The van der Waals surface area contributed by atoms with Crippen LogP contribution in [0.1, 0.15) is 55.8 Å². The van der Waals surface area contributed by atoms with Crippen molar-refractivity contribution in [3.63, 3.8) is 0 Å². The summed E-state index contributed by atoms with van der Waals surface area (Å²) in [7, 11) is 1.27. The lowest BCUT2D eigenvalue weighted by molar-refractivity contribution is 0.0594. The van der Waals surface area contributed by atoms with E-state index in [1.165, 1.54) is 38.5 Å². The van der Waals surface area contributed by atoms with E-state index in [1.807, 2.05) is 0 Å². The van der Waals surface area contributed by atoms with Gasteiger partial charge >= 0.3 is 12.1 Å². The van der Waals surface area contributed by atoms with Crippen LogP contribution in [0.5, 0.6) is 5.75 Å². The normalized spacial score (nSPS) is 10.1. The Labute approximate surface area is 131 Å². The molecular formula is C17H24O5. The van der Waals surface area contributed by atoms with Crippen molar-refractivity contribution in [3.8, 4) is 5.75 Å². The van der Waals surface area contributed by atoms with Gasteiger partial charge in [-0.15, -0.1) is 0 Å². The third-order valence-electron chi connectivity index (χ3n) is 3.20. The fourth-order valence-electron chi connectivity index (χ4n) is 1.99. The Morgan fingerprint density at radius 3 is 2.41 bits per heavy atom. The van der Waals surface area contributed by atoms with E-state index in [0.29, 0.717) is 6.61 Å². The standard InChI is InChI=1S/C17H24O5/c1-3-4-5-6-7-10-13-21-17(19)22-15-12-9-8-11-14(15)16(18)20-2/h8-9,11-12H,3-7,10,13H2,1-2H3. The fraction of sp³-hybridized carbons (Fsp3) is 0.529. The molecule has 5 heteroatoms. The first-order valence-electron chi connectivity index (χ1n) is 7.71. The number of rotatable bonds is 9. The van der Waals surface area contributed by atoms with Gasteiger partial charge in [0.2, 0.25) is 0 Å². The largest absolute Gasteiger partial charge is 0.513 e. The number of carbonyl (C=O) groups excluding carboxylic acids is 2. The van der Waals surface area contributed by atoms with E-state index in [9.17, 15) is 9.59 Å². The first-order chi connectivity index (χ1) is 10.7. The number of methoxy groups -OCH3 is 1. The summed E-state index contributed by atoms with van der Waals surface area (Å²) in [6.07, 6.45) is 5.87. The summed E-state index contributed by atoms with van der Waals surface area (Å²) in [4.78, 5) is 23.2. The van der Waals surface area contributed by atoms with Gasteiger partial charge in [-0.25, -0.2) is 9.59 Å². The summed E-state index contributed by atoms with van der Waals surface area (Å²) in [5.41, 5.74) is 0.196. The zero-order chi connectivity index (χ0) is 16.2. The maximum Gasteiger partial charge on any atom is 0.513 e. The zero-order valence-corrected chi connectivity index (χ0v) is 13.3. The number of hydrogen-bond donors (Lipinski definition) is 0. The van der Waals surface area contributed by atoms with Crippen molar-refractivity contribution in [2.24, 2.45) is 0 Å². The number of para-hydroxylation sites is 1. The van der Waals surface area contributed by atoms with Crippen LogP contribution in [0.2, 0.25) is 0 Å². The van der Waals surface area contributed by atoms with Crippen LogP contribution in [-0.2, 0) is 9.47 Å². The Morgan fingerprint density at radius 1 is 1.00 bits per heavy atom. The predicted octanol–water partition coefficient (Wildman–Crippen LogP) is 4.35. The molecule has 0 fully saturated rings. The summed E-state index contributed by atoms with van der Waals surface area (Å²) in [6.45, 7) is 2.50. The summed E-state index contributed by atoms with van der Waals surface area (Å²) in [6, 6.07) is 6.39. The molecule has 122 valence electrons. The Balaban J connectivity index is 2.32. The fourth-order valence-corrected chi connectivity index (χ4v) is 1.99. The molecule has 0 unspecified atom stereocenters. The molecule has 5 nitrogen and oxygen atoms in total. The van der Waals surface area contributed by atoms with Gasteiger partial charge in [0.15, 0.2) is 0 Å². The second-order valence-corrected chi connectivity index (χ2v) is 4.96. The summed E-state index contributed by atoms with van der Waals surface area (Å²) < 4.78 is 14.7. The molecule has 22 heavy (non-hydrogen) atoms. The maximum atomic E-state index is 11.6. The lowest BCUT2D eigenvalue weighted by atomic mass is 10.1. The maximum absolute atomic E-state index is 11.6. The minimum Gasteiger partial charge on any atom is -0.465 e. The monoisotopic (exact) mass is 308 g/mol. The van der Waals surface area contributed by atoms with Crippen LogP contribution in [-0.4, -0.2) is 25.8 Å². The highest BCUT2D eigenvalue weighted by atomic mass is 16.7. The van der Waals surface area contributed by atoms with Gasteiger partial charge in [0.05, 0.1) is 13.7 Å². The quantitative estimate of drug-likeness (QED) is 0.385. The van der Waals surface area contributed by atoms with E-state index in [2.05, 4.69) is 11.7 Å². The van der Waals surface area contributed by atoms with Crippen LogP contribution < -0.4 is 4.74 Å². The minimum atomic E-state index is -0.801.